The van der Waals surface area contributed by atoms with E-state index in [0.717, 1.165) is 35.4 Å². The van der Waals surface area contributed by atoms with Crippen LogP contribution in [0.15, 0.2) is 36.4 Å². The molecule has 0 N–H and O–H groups in total. The van der Waals surface area contributed by atoms with E-state index >= 15 is 0 Å². The van der Waals surface area contributed by atoms with Crippen molar-refractivity contribution in [2.24, 2.45) is 0 Å². The maximum atomic E-state index is 13.1. The van der Waals surface area contributed by atoms with E-state index in [1.165, 1.54) is 35.6 Å². The van der Waals surface area contributed by atoms with Crippen molar-refractivity contribution in [1.82, 2.24) is 9.88 Å². The Hall–Kier alpha value is -1.93. The number of benzene rings is 2. The molecule has 168 valence electrons. The summed E-state index contributed by atoms with van der Waals surface area (Å²) in [7, 11) is 0. The minimum absolute atomic E-state index is 0. The summed E-state index contributed by atoms with van der Waals surface area (Å²) in [4.78, 5) is 21.7. The molecule has 1 heterocycles. The number of rotatable bonds is 9. The molecule has 0 aliphatic carbocycles. The molecule has 0 bridgehead atoms. The zero-order chi connectivity index (χ0) is 21.7. The van der Waals surface area contributed by atoms with E-state index < -0.39 is 0 Å². The van der Waals surface area contributed by atoms with Crippen LogP contribution in [0.4, 0.5) is 9.52 Å². The number of thiazole rings is 1. The van der Waals surface area contributed by atoms with E-state index in [4.69, 9.17) is 21.3 Å². The highest BCUT2D eigenvalue weighted by molar-refractivity contribution is 7.22. The maximum Gasteiger partial charge on any atom is 0.266 e. The monoisotopic (exact) mass is 485 g/mol. The molecule has 0 fully saturated rings. The molecule has 3 rings (SSSR count). The largest absolute Gasteiger partial charge is 0.484 e. The molecule has 1 amide bonds. The van der Waals surface area contributed by atoms with Crippen molar-refractivity contribution < 1.29 is 13.9 Å². The second-order valence-electron chi connectivity index (χ2n) is 6.83. The summed E-state index contributed by atoms with van der Waals surface area (Å²) in [6.45, 7) is 8.99. The highest BCUT2D eigenvalue weighted by Gasteiger charge is 2.22. The number of fused-ring (bicyclic) bond motifs is 1. The average molecular weight is 486 g/mol. The zero-order valence-corrected chi connectivity index (χ0v) is 20.1. The molecular formula is C22H26Cl2FN3O2S. The van der Waals surface area contributed by atoms with Gasteiger partial charge in [-0.2, -0.15) is 0 Å². The van der Waals surface area contributed by atoms with Crippen LogP contribution in [0.2, 0.25) is 5.02 Å². The van der Waals surface area contributed by atoms with Gasteiger partial charge in [0.25, 0.3) is 5.91 Å². The van der Waals surface area contributed by atoms with E-state index in [-0.39, 0.29) is 30.7 Å². The van der Waals surface area contributed by atoms with E-state index in [1.54, 1.807) is 4.90 Å². The maximum absolute atomic E-state index is 13.1. The molecule has 0 spiro atoms. The topological polar surface area (TPSA) is 45.7 Å². The van der Waals surface area contributed by atoms with Crippen LogP contribution in [-0.2, 0) is 4.79 Å². The number of anilines is 1. The minimum Gasteiger partial charge on any atom is -0.484 e. The van der Waals surface area contributed by atoms with Gasteiger partial charge in [-0.3, -0.25) is 9.69 Å². The van der Waals surface area contributed by atoms with Gasteiger partial charge in [-0.25, -0.2) is 9.37 Å². The van der Waals surface area contributed by atoms with Crippen LogP contribution < -0.4 is 9.64 Å². The predicted octanol–water partition coefficient (Wildman–Crippen LogP) is 5.57. The molecule has 0 saturated heterocycles. The molecule has 2 aromatic carbocycles. The first kappa shape index (κ1) is 25.3. The van der Waals surface area contributed by atoms with Crippen molar-refractivity contribution in [3.05, 3.63) is 52.8 Å². The van der Waals surface area contributed by atoms with Crippen LogP contribution in [0, 0.1) is 12.7 Å². The van der Waals surface area contributed by atoms with Gasteiger partial charge in [-0.05, 0) is 62.0 Å². The Bertz CT molecular complexity index is 1010. The molecule has 0 unspecified atom stereocenters. The van der Waals surface area contributed by atoms with Gasteiger partial charge in [0, 0.05) is 18.1 Å². The minimum atomic E-state index is -0.349. The first-order valence-electron chi connectivity index (χ1n) is 9.89. The molecule has 0 atom stereocenters. The highest BCUT2D eigenvalue weighted by atomic mass is 35.5. The second kappa shape index (κ2) is 11.6. The van der Waals surface area contributed by atoms with Crippen molar-refractivity contribution in [1.29, 1.82) is 0 Å². The van der Waals surface area contributed by atoms with Gasteiger partial charge < -0.3 is 9.64 Å². The summed E-state index contributed by atoms with van der Waals surface area (Å²) in [6, 6.07) is 9.39. The third-order valence-electron chi connectivity index (χ3n) is 4.98. The smallest absolute Gasteiger partial charge is 0.266 e. The van der Waals surface area contributed by atoms with E-state index in [1.807, 2.05) is 19.1 Å². The number of carbonyl (C=O) groups is 1. The van der Waals surface area contributed by atoms with E-state index in [2.05, 4.69) is 18.7 Å². The van der Waals surface area contributed by atoms with Crippen LogP contribution >= 0.6 is 35.3 Å². The van der Waals surface area contributed by atoms with Crippen molar-refractivity contribution in [3.8, 4) is 5.75 Å². The Balaban J connectivity index is 0.00000341. The summed E-state index contributed by atoms with van der Waals surface area (Å²) >= 11 is 7.70. The van der Waals surface area contributed by atoms with Gasteiger partial charge in [0.15, 0.2) is 11.7 Å². The summed E-state index contributed by atoms with van der Waals surface area (Å²) in [5.41, 5.74) is 1.71. The van der Waals surface area contributed by atoms with Crippen LogP contribution in [0.1, 0.15) is 19.4 Å². The number of hydrogen-bond donors (Lipinski definition) is 0. The van der Waals surface area contributed by atoms with Crippen LogP contribution in [0.3, 0.4) is 0 Å². The van der Waals surface area contributed by atoms with Gasteiger partial charge in [0.05, 0.1) is 10.2 Å². The quantitative estimate of drug-likeness (QED) is 0.397. The van der Waals surface area contributed by atoms with E-state index in [9.17, 15) is 9.18 Å². The SMILES string of the molecule is CCN(CC)CCN(C(=O)COc1ccc(F)cc1)c1nc2c(C)c(Cl)ccc2s1.Cl. The molecule has 5 nitrogen and oxygen atoms in total. The number of aryl methyl sites for hydroxylation is 1. The standard InChI is InChI=1S/C22H25ClFN3O2S.ClH/c1-4-26(5-2)12-13-27(20(28)14-29-17-8-6-16(24)7-9-17)22-25-21-15(3)18(23)10-11-19(21)30-22;/h6-11H,4-5,12-14H2,1-3H3;1H. The van der Waals surface area contributed by atoms with E-state index in [0.29, 0.717) is 22.4 Å². The third kappa shape index (κ3) is 6.29. The Labute approximate surface area is 197 Å². The fourth-order valence-electron chi connectivity index (χ4n) is 3.07. The molecule has 3 aromatic rings. The van der Waals surface area contributed by atoms with Gasteiger partial charge >= 0.3 is 0 Å². The highest BCUT2D eigenvalue weighted by Crippen LogP contribution is 2.33. The lowest BCUT2D eigenvalue weighted by Crippen LogP contribution is -2.41. The number of carbonyl (C=O) groups excluding carboxylic acids is 1. The molecule has 0 aliphatic heterocycles. The van der Waals surface area contributed by atoms with Gasteiger partial charge in [0.2, 0.25) is 0 Å². The Kier molecular flexibility index (Phi) is 9.50. The lowest BCUT2D eigenvalue weighted by Gasteiger charge is -2.24. The summed E-state index contributed by atoms with van der Waals surface area (Å²) in [5, 5.41) is 1.27. The lowest BCUT2D eigenvalue weighted by molar-refractivity contribution is -0.120. The third-order valence-corrected chi connectivity index (χ3v) is 6.43. The first-order chi connectivity index (χ1) is 14.4. The molecular weight excluding hydrogens is 460 g/mol. The molecule has 31 heavy (non-hydrogen) atoms. The van der Waals surface area contributed by atoms with Gasteiger partial charge in [-0.1, -0.05) is 36.8 Å². The number of aromatic nitrogens is 1. The number of amides is 1. The number of ether oxygens (including phenoxy) is 1. The Morgan fingerprint density at radius 3 is 2.45 bits per heavy atom. The molecule has 0 radical (unpaired) electrons. The Morgan fingerprint density at radius 1 is 1.13 bits per heavy atom. The fourth-order valence-corrected chi connectivity index (χ4v) is 4.29. The fraction of sp³-hybridized carbons (Fsp3) is 0.364. The number of hydrogen-bond acceptors (Lipinski definition) is 5. The summed E-state index contributed by atoms with van der Waals surface area (Å²) in [6.07, 6.45) is 0. The normalized spacial score (nSPS) is 10.9. The first-order valence-corrected chi connectivity index (χ1v) is 11.1. The average Bonchev–Trinajstić information content (AvgIpc) is 3.18. The molecule has 9 heteroatoms. The molecule has 0 aliphatic rings. The number of likely N-dealkylation sites (N-methyl/N-ethyl adjacent to an activating group) is 1. The number of halogens is 3. The molecule has 0 saturated carbocycles. The van der Waals surface area contributed by atoms with Crippen molar-refractivity contribution in [2.75, 3.05) is 37.7 Å². The van der Waals surface area contributed by atoms with Crippen LogP contribution in [-0.4, -0.2) is 48.6 Å². The second-order valence-corrected chi connectivity index (χ2v) is 8.25. The zero-order valence-electron chi connectivity index (χ0n) is 17.7. The van der Waals surface area contributed by atoms with Crippen LogP contribution in [0.25, 0.3) is 10.2 Å². The van der Waals surface area contributed by atoms with Crippen LogP contribution in [0.5, 0.6) is 5.75 Å². The summed E-state index contributed by atoms with van der Waals surface area (Å²) in [5.74, 6) is -0.104. The number of nitrogens with zero attached hydrogens (tertiary/aromatic N) is 3. The lowest BCUT2D eigenvalue weighted by atomic mass is 10.2. The molecule has 1 aromatic heterocycles. The van der Waals surface area contributed by atoms with Gasteiger partial charge in [-0.15, -0.1) is 12.4 Å². The van der Waals surface area contributed by atoms with Crippen molar-refractivity contribution in [3.63, 3.8) is 0 Å². The predicted molar refractivity (Wildman–Crippen MR) is 129 cm³/mol. The Morgan fingerprint density at radius 2 is 1.81 bits per heavy atom. The van der Waals surface area contributed by atoms with Crippen molar-refractivity contribution in [2.45, 2.75) is 20.8 Å². The summed E-state index contributed by atoms with van der Waals surface area (Å²) < 4.78 is 19.7. The van der Waals surface area contributed by atoms with Gasteiger partial charge in [0.1, 0.15) is 11.6 Å². The van der Waals surface area contributed by atoms with Crippen molar-refractivity contribution >= 4 is 56.6 Å².